The molecule has 0 heterocycles. The molecule has 7 heteroatoms. The maximum Gasteiger partial charge on any atom is 0.306 e. The molecule has 0 aliphatic carbocycles. The van der Waals surface area contributed by atoms with Crippen molar-refractivity contribution in [3.63, 3.8) is 0 Å². The van der Waals surface area contributed by atoms with Crippen LogP contribution in [0.3, 0.4) is 0 Å². The third-order valence-corrected chi connectivity index (χ3v) is 8.50. The van der Waals surface area contributed by atoms with E-state index in [1.54, 1.807) is 20.8 Å². The van der Waals surface area contributed by atoms with Crippen molar-refractivity contribution >= 4 is 17.9 Å². The second-order valence-electron chi connectivity index (χ2n) is 12.2. The van der Waals surface area contributed by atoms with Crippen LogP contribution < -0.4 is 5.11 Å². The van der Waals surface area contributed by atoms with Crippen molar-refractivity contribution in [1.82, 2.24) is 0 Å². The maximum absolute atomic E-state index is 11.5. The Bertz CT molecular complexity index is 647. The minimum atomic E-state index is -1.08. The summed E-state index contributed by atoms with van der Waals surface area (Å²) in [5.74, 6) is -4.35. The van der Waals surface area contributed by atoms with Crippen molar-refractivity contribution in [1.29, 1.82) is 0 Å². The molecule has 0 amide bonds. The molecule has 40 heavy (non-hydrogen) atoms. The first kappa shape index (κ1) is 38.1. The highest BCUT2D eigenvalue weighted by Crippen LogP contribution is 2.21. The zero-order chi connectivity index (χ0) is 30.2. The van der Waals surface area contributed by atoms with Gasteiger partial charge in [0.15, 0.2) is 0 Å². The van der Waals surface area contributed by atoms with Crippen LogP contribution >= 0.6 is 0 Å². The lowest BCUT2D eigenvalue weighted by Crippen LogP contribution is -2.52. The lowest BCUT2D eigenvalue weighted by molar-refractivity contribution is -0.929. The van der Waals surface area contributed by atoms with Gasteiger partial charge in [-0.1, -0.05) is 97.6 Å². The Kier molecular flexibility index (Phi) is 22.7. The van der Waals surface area contributed by atoms with Gasteiger partial charge in [0.25, 0.3) is 0 Å². The molecule has 0 aromatic carbocycles. The molecule has 3 unspecified atom stereocenters. The van der Waals surface area contributed by atoms with Crippen molar-refractivity contribution in [2.24, 2.45) is 17.8 Å². The number of allylic oxidation sites excluding steroid dienone is 2. The number of aliphatic carboxylic acids is 3. The number of hydrogen-bond acceptors (Lipinski definition) is 4. The molecule has 0 saturated carbocycles. The highest BCUT2D eigenvalue weighted by molar-refractivity contribution is 5.69. The number of quaternary nitrogens is 1. The summed E-state index contributed by atoms with van der Waals surface area (Å²) in [4.78, 5) is 34.3. The standard InChI is InChI=1S/C33H61NO6/c1-5-6-7-8-9-10-11-12-13-14-15-16-17-18-19-20-24-34(25-21-28(2)31(35)36,26-22-29(3)32(37)38)27-23-30(4)33(39)40/h16-17,28-30H,5-15,18-27H2,1-4H3,(H2-,35,36,37,38,39,40)/b17-16+. The van der Waals surface area contributed by atoms with E-state index < -0.39 is 35.7 Å². The fourth-order valence-corrected chi connectivity index (χ4v) is 5.13. The van der Waals surface area contributed by atoms with Crippen LogP contribution in [0.5, 0.6) is 0 Å². The molecule has 2 N–H and O–H groups in total. The third kappa shape index (κ3) is 20.1. The average molecular weight is 568 g/mol. The quantitative estimate of drug-likeness (QED) is 0.0608. The summed E-state index contributed by atoms with van der Waals surface area (Å²) >= 11 is 0. The number of nitrogens with zero attached hydrogens (tertiary/aromatic N) is 1. The predicted octanol–water partition coefficient (Wildman–Crippen LogP) is 6.84. The highest BCUT2D eigenvalue weighted by Gasteiger charge is 2.30. The molecule has 0 aromatic heterocycles. The topological polar surface area (TPSA) is 115 Å². The van der Waals surface area contributed by atoms with Gasteiger partial charge in [0.2, 0.25) is 0 Å². The number of carbonyl (C=O) groups is 3. The van der Waals surface area contributed by atoms with E-state index in [0.717, 1.165) is 32.2 Å². The number of rotatable bonds is 28. The van der Waals surface area contributed by atoms with Crippen molar-refractivity contribution in [2.75, 3.05) is 26.2 Å². The Morgan fingerprint density at radius 2 is 0.975 bits per heavy atom. The first-order valence-corrected chi connectivity index (χ1v) is 16.2. The molecule has 0 radical (unpaired) electrons. The van der Waals surface area contributed by atoms with Crippen LogP contribution in [0.15, 0.2) is 12.2 Å². The van der Waals surface area contributed by atoms with Gasteiger partial charge in [-0.15, -0.1) is 0 Å². The minimum absolute atomic E-state index is 0.435. The predicted molar refractivity (Wildman–Crippen MR) is 161 cm³/mol. The van der Waals surface area contributed by atoms with Gasteiger partial charge in [-0.05, 0) is 32.1 Å². The Morgan fingerprint density at radius 1 is 0.600 bits per heavy atom. The SMILES string of the molecule is CCCCCCCCCCCC/C=C/CCCC[N+](CCC(C)C(=O)[O-])(CCC(C)C(=O)O)CCC(C)C(=O)O. The lowest BCUT2D eigenvalue weighted by atomic mass is 10.0. The summed E-state index contributed by atoms with van der Waals surface area (Å²) in [6, 6.07) is 0. The van der Waals surface area contributed by atoms with Crippen LogP contribution in [-0.2, 0) is 14.4 Å². The van der Waals surface area contributed by atoms with Crippen molar-refractivity contribution in [3.8, 4) is 0 Å². The third-order valence-electron chi connectivity index (χ3n) is 8.50. The molecule has 0 aromatic rings. The fourth-order valence-electron chi connectivity index (χ4n) is 5.13. The number of unbranched alkanes of at least 4 members (excludes halogenated alkanes) is 12. The molecule has 0 rings (SSSR count). The molecule has 3 atom stereocenters. The van der Waals surface area contributed by atoms with Crippen molar-refractivity contribution in [2.45, 2.75) is 137 Å². The van der Waals surface area contributed by atoms with E-state index in [1.165, 1.54) is 64.2 Å². The molecule has 0 fully saturated rings. The summed E-state index contributed by atoms with van der Waals surface area (Å²) in [7, 11) is 0. The monoisotopic (exact) mass is 567 g/mol. The highest BCUT2D eigenvalue weighted by atomic mass is 16.4. The van der Waals surface area contributed by atoms with E-state index in [0.29, 0.717) is 43.4 Å². The van der Waals surface area contributed by atoms with Crippen LogP contribution in [0.2, 0.25) is 0 Å². The number of hydrogen-bond donors (Lipinski definition) is 2. The van der Waals surface area contributed by atoms with Gasteiger partial charge in [-0.3, -0.25) is 9.59 Å². The molecule has 0 bridgehead atoms. The summed E-state index contributed by atoms with van der Waals surface area (Å²) < 4.78 is 0.565. The molecule has 234 valence electrons. The molecule has 0 saturated heterocycles. The van der Waals surface area contributed by atoms with E-state index in [4.69, 9.17) is 0 Å². The Balaban J connectivity index is 4.71. The van der Waals surface area contributed by atoms with Gasteiger partial charge in [0.1, 0.15) is 0 Å². The molecular formula is C33H61NO6. The smallest absolute Gasteiger partial charge is 0.306 e. The van der Waals surface area contributed by atoms with E-state index in [2.05, 4.69) is 19.1 Å². The van der Waals surface area contributed by atoms with Gasteiger partial charge in [0, 0.05) is 31.1 Å². The first-order chi connectivity index (χ1) is 19.0. The van der Waals surface area contributed by atoms with Gasteiger partial charge in [-0.2, -0.15) is 0 Å². The summed E-state index contributed by atoms with van der Waals surface area (Å²) in [5.41, 5.74) is 0. The number of carbonyl (C=O) groups excluding carboxylic acids is 1. The average Bonchev–Trinajstić information content (AvgIpc) is 2.92. The number of carboxylic acids is 3. The van der Waals surface area contributed by atoms with Crippen molar-refractivity contribution < 1.29 is 34.2 Å². The Labute approximate surface area is 245 Å². The van der Waals surface area contributed by atoms with Crippen LogP contribution in [0.1, 0.15) is 137 Å². The minimum Gasteiger partial charge on any atom is -0.550 e. The molecule has 7 nitrogen and oxygen atoms in total. The zero-order valence-corrected chi connectivity index (χ0v) is 26.2. The van der Waals surface area contributed by atoms with E-state index >= 15 is 0 Å². The normalized spacial score (nSPS) is 15.5. The fraction of sp³-hybridized carbons (Fsp3) is 0.848. The second kappa shape index (κ2) is 23.8. The molecular weight excluding hydrogens is 506 g/mol. The first-order valence-electron chi connectivity index (χ1n) is 16.2. The van der Waals surface area contributed by atoms with E-state index in [-0.39, 0.29) is 0 Å². The lowest BCUT2D eigenvalue weighted by Gasteiger charge is -2.41. The number of carboxylic acid groups (broad SMARTS) is 3. The van der Waals surface area contributed by atoms with Crippen molar-refractivity contribution in [3.05, 3.63) is 12.2 Å². The van der Waals surface area contributed by atoms with Crippen LogP contribution in [0.25, 0.3) is 0 Å². The summed E-state index contributed by atoms with van der Waals surface area (Å²) in [6.07, 6.45) is 23.4. The molecule has 0 aliphatic rings. The zero-order valence-electron chi connectivity index (χ0n) is 26.2. The van der Waals surface area contributed by atoms with Crippen LogP contribution in [-0.4, -0.2) is 58.8 Å². The molecule has 0 aliphatic heterocycles. The van der Waals surface area contributed by atoms with E-state index in [9.17, 15) is 29.7 Å². The second-order valence-corrected chi connectivity index (χ2v) is 12.2. The van der Waals surface area contributed by atoms with Crippen LogP contribution in [0.4, 0.5) is 0 Å². The Hall–Kier alpha value is -1.89. The van der Waals surface area contributed by atoms with Gasteiger partial charge < -0.3 is 24.6 Å². The maximum atomic E-state index is 11.5. The van der Waals surface area contributed by atoms with Gasteiger partial charge in [-0.25, -0.2) is 0 Å². The van der Waals surface area contributed by atoms with E-state index in [1.807, 2.05) is 0 Å². The van der Waals surface area contributed by atoms with Gasteiger partial charge in [0.05, 0.1) is 38.0 Å². The summed E-state index contributed by atoms with van der Waals surface area (Å²) in [6.45, 7) is 9.88. The Morgan fingerprint density at radius 3 is 1.38 bits per heavy atom. The molecule has 0 spiro atoms. The van der Waals surface area contributed by atoms with Crippen LogP contribution in [0, 0.1) is 17.8 Å². The van der Waals surface area contributed by atoms with Gasteiger partial charge >= 0.3 is 11.9 Å². The summed E-state index contributed by atoms with van der Waals surface area (Å²) in [5, 5.41) is 30.2. The largest absolute Gasteiger partial charge is 0.550 e.